The summed E-state index contributed by atoms with van der Waals surface area (Å²) in [5.74, 6) is -2.72. The van der Waals surface area contributed by atoms with E-state index in [-0.39, 0.29) is 12.4 Å². The highest BCUT2D eigenvalue weighted by Crippen LogP contribution is 2.36. The normalized spacial score (nSPS) is 23.1. The molecule has 0 saturated carbocycles. The van der Waals surface area contributed by atoms with E-state index in [1.54, 1.807) is 0 Å². The van der Waals surface area contributed by atoms with Crippen molar-refractivity contribution in [3.05, 3.63) is 41.2 Å². The number of hydrogen-bond donors (Lipinski definition) is 0. The lowest BCUT2D eigenvalue weighted by Gasteiger charge is -2.43. The molecular formula is C24H30N4O9. The summed E-state index contributed by atoms with van der Waals surface area (Å²) in [6.45, 7) is 6.70. The Bertz CT molecular complexity index is 1120. The number of tetrazole rings is 1. The maximum atomic E-state index is 12.0. The highest BCUT2D eigenvalue weighted by Gasteiger charge is 2.53. The Hall–Kier alpha value is -3.87. The summed E-state index contributed by atoms with van der Waals surface area (Å²) in [7, 11) is 0. The maximum absolute atomic E-state index is 12.0. The van der Waals surface area contributed by atoms with Crippen molar-refractivity contribution in [2.45, 2.75) is 78.1 Å². The zero-order chi connectivity index (χ0) is 27.1. The molecule has 0 N–H and O–H groups in total. The molecule has 3 rings (SSSR count). The maximum Gasteiger partial charge on any atom is 0.303 e. The summed E-state index contributed by atoms with van der Waals surface area (Å²) >= 11 is 0. The molecule has 1 aliphatic heterocycles. The van der Waals surface area contributed by atoms with Crippen molar-refractivity contribution in [2.24, 2.45) is 0 Å². The van der Waals surface area contributed by atoms with E-state index >= 15 is 0 Å². The number of rotatable bonds is 9. The highest BCUT2D eigenvalue weighted by molar-refractivity contribution is 5.68. The lowest BCUT2D eigenvalue weighted by molar-refractivity contribution is -0.255. The molecule has 1 aromatic heterocycles. The Morgan fingerprint density at radius 2 is 1.41 bits per heavy atom. The fourth-order valence-corrected chi connectivity index (χ4v) is 3.92. The molecule has 200 valence electrons. The molecule has 1 aliphatic rings. The van der Waals surface area contributed by atoms with E-state index in [4.69, 9.17) is 23.7 Å². The molecule has 2 aromatic rings. The van der Waals surface area contributed by atoms with Crippen LogP contribution >= 0.6 is 0 Å². The smallest absolute Gasteiger partial charge is 0.303 e. The van der Waals surface area contributed by atoms with Gasteiger partial charge in [-0.25, -0.2) is 0 Å². The number of nitrogens with zero attached hydrogens (tertiary/aromatic N) is 4. The molecule has 0 radical (unpaired) electrons. The second kappa shape index (κ2) is 12.4. The van der Waals surface area contributed by atoms with Crippen molar-refractivity contribution in [1.82, 2.24) is 20.2 Å². The van der Waals surface area contributed by atoms with E-state index < -0.39 is 54.4 Å². The lowest BCUT2D eigenvalue weighted by atomic mass is 9.93. The van der Waals surface area contributed by atoms with Crippen LogP contribution in [0.4, 0.5) is 0 Å². The van der Waals surface area contributed by atoms with Crippen LogP contribution in [0.15, 0.2) is 24.3 Å². The average Bonchev–Trinajstić information content (AvgIpc) is 3.28. The van der Waals surface area contributed by atoms with Gasteiger partial charge >= 0.3 is 23.9 Å². The van der Waals surface area contributed by atoms with E-state index in [0.717, 1.165) is 32.8 Å². The standard InChI is InChI=1S/C24H30N4O9/c1-6-17-7-9-18(10-8-17)11-28-26-24(25-27-28)23-22(36-16(5)32)21(35-15(4)31)20(34-14(3)30)19(37-23)12-33-13(2)29/h7-10,19-23H,6,11-12H2,1-5H3/t19?,20-,21?,22-,23-/m1/s1. The second-order valence-electron chi connectivity index (χ2n) is 8.47. The zero-order valence-electron chi connectivity index (χ0n) is 21.3. The van der Waals surface area contributed by atoms with Gasteiger partial charge in [0, 0.05) is 27.7 Å². The van der Waals surface area contributed by atoms with E-state index in [0.29, 0.717) is 6.54 Å². The van der Waals surface area contributed by atoms with Crippen LogP contribution in [0.3, 0.4) is 0 Å². The summed E-state index contributed by atoms with van der Waals surface area (Å²) < 4.78 is 27.4. The first kappa shape index (κ1) is 27.7. The van der Waals surface area contributed by atoms with E-state index in [1.807, 2.05) is 24.3 Å². The Kier molecular flexibility index (Phi) is 9.28. The number of aryl methyl sites for hydroxylation is 1. The van der Waals surface area contributed by atoms with Gasteiger partial charge < -0.3 is 23.7 Å². The third kappa shape index (κ3) is 7.56. The van der Waals surface area contributed by atoms with Gasteiger partial charge in [0.1, 0.15) is 12.7 Å². The quantitative estimate of drug-likeness (QED) is 0.344. The van der Waals surface area contributed by atoms with Gasteiger partial charge in [-0.2, -0.15) is 4.80 Å². The summed E-state index contributed by atoms with van der Waals surface area (Å²) in [5.41, 5.74) is 2.12. The van der Waals surface area contributed by atoms with Gasteiger partial charge in [0.15, 0.2) is 24.4 Å². The van der Waals surface area contributed by atoms with Crippen LogP contribution in [0, 0.1) is 0 Å². The number of esters is 4. The molecule has 13 heteroatoms. The highest BCUT2D eigenvalue weighted by atomic mass is 16.7. The van der Waals surface area contributed by atoms with Gasteiger partial charge in [0.2, 0.25) is 5.82 Å². The first-order chi connectivity index (χ1) is 17.6. The Labute approximate surface area is 213 Å². The molecular weight excluding hydrogens is 488 g/mol. The lowest BCUT2D eigenvalue weighted by Crippen LogP contribution is -2.59. The van der Waals surface area contributed by atoms with E-state index in [9.17, 15) is 19.2 Å². The predicted octanol–water partition coefficient (Wildman–Crippen LogP) is 1.08. The van der Waals surface area contributed by atoms with Gasteiger partial charge in [-0.1, -0.05) is 31.2 Å². The monoisotopic (exact) mass is 518 g/mol. The topological polar surface area (TPSA) is 158 Å². The Morgan fingerprint density at radius 1 is 0.838 bits per heavy atom. The van der Waals surface area contributed by atoms with E-state index in [1.165, 1.54) is 17.3 Å². The van der Waals surface area contributed by atoms with Crippen LogP contribution in [0.5, 0.6) is 0 Å². The average molecular weight is 519 g/mol. The van der Waals surface area contributed by atoms with Crippen molar-refractivity contribution < 1.29 is 42.9 Å². The molecule has 0 amide bonds. The number of carbonyl (C=O) groups excluding carboxylic acids is 4. The second-order valence-corrected chi connectivity index (χ2v) is 8.47. The van der Waals surface area contributed by atoms with Crippen LogP contribution in [-0.2, 0) is 55.8 Å². The number of ether oxygens (including phenoxy) is 5. The minimum atomic E-state index is -1.31. The zero-order valence-corrected chi connectivity index (χ0v) is 21.3. The number of carbonyl (C=O) groups is 4. The van der Waals surface area contributed by atoms with Gasteiger partial charge in [0.05, 0.1) is 6.54 Å². The molecule has 0 aliphatic carbocycles. The molecule has 37 heavy (non-hydrogen) atoms. The van der Waals surface area contributed by atoms with E-state index in [2.05, 4.69) is 22.3 Å². The van der Waals surface area contributed by atoms with Gasteiger partial charge in [-0.3, -0.25) is 19.2 Å². The van der Waals surface area contributed by atoms with Crippen LogP contribution < -0.4 is 0 Å². The molecule has 0 spiro atoms. The van der Waals surface area contributed by atoms with Crippen molar-refractivity contribution in [2.75, 3.05) is 6.61 Å². The molecule has 5 atom stereocenters. The molecule has 1 fully saturated rings. The van der Waals surface area contributed by atoms with Crippen molar-refractivity contribution in [3.8, 4) is 0 Å². The minimum absolute atomic E-state index is 0.0303. The van der Waals surface area contributed by atoms with Crippen molar-refractivity contribution in [1.29, 1.82) is 0 Å². The Morgan fingerprint density at radius 3 is 1.97 bits per heavy atom. The number of benzene rings is 1. The van der Waals surface area contributed by atoms with Crippen LogP contribution in [-0.4, -0.2) is 75.1 Å². The number of hydrogen-bond acceptors (Lipinski definition) is 12. The summed E-state index contributed by atoms with van der Waals surface area (Å²) in [5, 5.41) is 12.5. The summed E-state index contributed by atoms with van der Waals surface area (Å²) in [4.78, 5) is 48.6. The molecule has 13 nitrogen and oxygen atoms in total. The summed E-state index contributed by atoms with van der Waals surface area (Å²) in [6, 6.07) is 7.92. The first-order valence-electron chi connectivity index (χ1n) is 11.7. The fourth-order valence-electron chi connectivity index (χ4n) is 3.92. The molecule has 2 heterocycles. The van der Waals surface area contributed by atoms with Crippen LogP contribution in [0.25, 0.3) is 0 Å². The minimum Gasteiger partial charge on any atom is -0.463 e. The fraction of sp³-hybridized carbons (Fsp3) is 0.542. The molecule has 2 unspecified atom stereocenters. The first-order valence-corrected chi connectivity index (χ1v) is 11.7. The van der Waals surface area contributed by atoms with Crippen LogP contribution in [0.2, 0.25) is 0 Å². The Balaban J connectivity index is 1.96. The third-order valence-electron chi connectivity index (χ3n) is 5.47. The molecule has 1 aromatic carbocycles. The van der Waals surface area contributed by atoms with Gasteiger partial charge in [-0.15, -0.1) is 10.2 Å². The molecule has 1 saturated heterocycles. The summed E-state index contributed by atoms with van der Waals surface area (Å²) in [6.07, 6.45) is -5.22. The number of aromatic nitrogens is 4. The van der Waals surface area contributed by atoms with Gasteiger partial charge in [-0.05, 0) is 22.8 Å². The molecule has 0 bridgehead atoms. The largest absolute Gasteiger partial charge is 0.463 e. The van der Waals surface area contributed by atoms with Crippen molar-refractivity contribution in [3.63, 3.8) is 0 Å². The van der Waals surface area contributed by atoms with Crippen molar-refractivity contribution >= 4 is 23.9 Å². The predicted molar refractivity (Wildman–Crippen MR) is 124 cm³/mol. The third-order valence-corrected chi connectivity index (χ3v) is 5.47. The van der Waals surface area contributed by atoms with Gasteiger partial charge in [0.25, 0.3) is 0 Å². The van der Waals surface area contributed by atoms with Crippen LogP contribution in [0.1, 0.15) is 57.7 Å². The SMILES string of the molecule is CCc1ccc(Cn2nnc([C@@H]3OC(COC(C)=O)[C@@H](OC(C)=O)C(OC(C)=O)[C@H]3OC(C)=O)n2)cc1.